The zero-order valence-corrected chi connectivity index (χ0v) is 25.7. The lowest BCUT2D eigenvalue weighted by atomic mass is 10.2. The molecule has 4 rings (SSSR count). The lowest BCUT2D eigenvalue weighted by Crippen LogP contribution is -2.29. The summed E-state index contributed by atoms with van der Waals surface area (Å²) in [6, 6.07) is 13.4. The smallest absolute Gasteiger partial charge is 0.286 e. The third-order valence-corrected chi connectivity index (χ3v) is 9.67. The first-order valence-corrected chi connectivity index (χ1v) is 15.5. The van der Waals surface area contributed by atoms with Gasteiger partial charge in [-0.25, -0.2) is 5.48 Å². The highest BCUT2D eigenvalue weighted by molar-refractivity contribution is 7.99. The highest BCUT2D eigenvalue weighted by atomic mass is 35.5. The van der Waals surface area contributed by atoms with Crippen LogP contribution in [0.1, 0.15) is 5.56 Å². The molecule has 0 fully saturated rings. The topological polar surface area (TPSA) is 158 Å². The van der Waals surface area contributed by atoms with Crippen LogP contribution in [0.15, 0.2) is 62.7 Å². The van der Waals surface area contributed by atoms with Crippen LogP contribution < -0.4 is 25.4 Å². The fourth-order valence-corrected chi connectivity index (χ4v) is 7.37. The molecule has 0 aliphatic carbocycles. The molecule has 216 valence electrons. The van der Waals surface area contributed by atoms with Gasteiger partial charge in [0, 0.05) is 26.8 Å². The van der Waals surface area contributed by atoms with Gasteiger partial charge in [-0.1, -0.05) is 46.7 Å². The van der Waals surface area contributed by atoms with Gasteiger partial charge in [0.1, 0.15) is 14.9 Å². The van der Waals surface area contributed by atoms with Gasteiger partial charge in [0.15, 0.2) is 11.5 Å². The van der Waals surface area contributed by atoms with Crippen molar-refractivity contribution in [2.45, 2.75) is 15.5 Å². The van der Waals surface area contributed by atoms with Crippen molar-refractivity contribution < 1.29 is 27.8 Å². The van der Waals surface area contributed by atoms with E-state index in [0.717, 1.165) is 11.1 Å². The van der Waals surface area contributed by atoms with Crippen molar-refractivity contribution >= 4 is 62.3 Å². The SMILES string of the molecule is COc1cc(CSc2cc(Cl)c(-c3nnc(-c4ccc(Cl)cc4)s3)cc2S(=O)(=O)N=C(N)NO)cc(OC)c1OC. The molecule has 1 heterocycles. The quantitative estimate of drug-likeness (QED) is 0.0859. The van der Waals surface area contributed by atoms with Crippen molar-refractivity contribution in [3.63, 3.8) is 0 Å². The summed E-state index contributed by atoms with van der Waals surface area (Å²) in [6.45, 7) is 0. The standard InChI is InChI=1S/C25H23Cl2N5O6S3/c1-36-18-8-13(9-19(37-2)22(18)38-3)12-39-20-11-17(27)16(10-21(20)41(34,35)32-25(28)31-33)24-30-29-23(40-24)14-4-6-15(26)7-5-14/h4-11,33H,12H2,1-3H3,(H3,28,31,32). The van der Waals surface area contributed by atoms with Gasteiger partial charge in [-0.2, -0.15) is 8.42 Å². The van der Waals surface area contributed by atoms with Gasteiger partial charge in [0.25, 0.3) is 10.0 Å². The molecule has 0 bridgehead atoms. The first kappa shape index (κ1) is 30.7. The minimum atomic E-state index is -4.41. The van der Waals surface area contributed by atoms with E-state index in [2.05, 4.69) is 14.6 Å². The maximum Gasteiger partial charge on any atom is 0.286 e. The Labute approximate surface area is 254 Å². The number of nitrogens with one attached hydrogen (secondary N) is 1. The Kier molecular flexibility index (Phi) is 9.84. The lowest BCUT2D eigenvalue weighted by Gasteiger charge is -2.15. The Morgan fingerprint density at radius 2 is 1.66 bits per heavy atom. The van der Waals surface area contributed by atoms with Crippen molar-refractivity contribution in [1.29, 1.82) is 0 Å². The van der Waals surface area contributed by atoms with Crippen LogP contribution in [0.5, 0.6) is 17.2 Å². The fraction of sp³-hybridized carbons (Fsp3) is 0.160. The number of hydroxylamine groups is 1. The van der Waals surface area contributed by atoms with Crippen molar-refractivity contribution in [2.75, 3.05) is 21.3 Å². The van der Waals surface area contributed by atoms with Crippen LogP contribution in [0.25, 0.3) is 21.1 Å². The number of halogens is 2. The predicted octanol–water partition coefficient (Wildman–Crippen LogP) is 5.48. The highest BCUT2D eigenvalue weighted by Gasteiger charge is 2.24. The zero-order chi connectivity index (χ0) is 29.7. The monoisotopic (exact) mass is 655 g/mol. The molecule has 4 N–H and O–H groups in total. The lowest BCUT2D eigenvalue weighted by molar-refractivity contribution is 0.233. The van der Waals surface area contributed by atoms with E-state index in [9.17, 15) is 8.42 Å². The Morgan fingerprint density at radius 3 is 2.24 bits per heavy atom. The molecule has 0 aliphatic rings. The molecular weight excluding hydrogens is 633 g/mol. The van der Waals surface area contributed by atoms with Gasteiger partial charge in [-0.15, -0.1) is 26.4 Å². The van der Waals surface area contributed by atoms with Gasteiger partial charge in [-0.05, 0) is 42.0 Å². The van der Waals surface area contributed by atoms with Crippen LogP contribution in [0.3, 0.4) is 0 Å². The first-order valence-electron chi connectivity index (χ1n) is 11.5. The first-order chi connectivity index (χ1) is 19.6. The highest BCUT2D eigenvalue weighted by Crippen LogP contribution is 2.43. The van der Waals surface area contributed by atoms with Crippen molar-refractivity contribution in [1.82, 2.24) is 15.7 Å². The molecule has 0 spiro atoms. The molecule has 0 amide bonds. The van der Waals surface area contributed by atoms with Crippen LogP contribution in [0.4, 0.5) is 0 Å². The summed E-state index contributed by atoms with van der Waals surface area (Å²) in [6.07, 6.45) is 0. The van der Waals surface area contributed by atoms with Crippen molar-refractivity contribution in [3.05, 3.63) is 64.1 Å². The molecule has 16 heteroatoms. The fourth-order valence-electron chi connectivity index (χ4n) is 3.63. The molecule has 0 saturated heterocycles. The van der Waals surface area contributed by atoms with E-state index < -0.39 is 16.0 Å². The molecular formula is C25H23Cl2N5O6S3. The molecule has 11 nitrogen and oxygen atoms in total. The Morgan fingerprint density at radius 1 is 1.02 bits per heavy atom. The molecule has 1 aromatic heterocycles. The molecule has 0 radical (unpaired) electrons. The number of methoxy groups -OCH3 is 3. The van der Waals surface area contributed by atoms with Crippen molar-refractivity contribution in [3.8, 4) is 38.4 Å². The molecule has 3 aromatic carbocycles. The Bertz CT molecular complexity index is 1670. The number of ether oxygens (including phenoxy) is 3. The average Bonchev–Trinajstić information content (AvgIpc) is 3.45. The predicted molar refractivity (Wildman–Crippen MR) is 160 cm³/mol. The number of thioether (sulfide) groups is 1. The Balaban J connectivity index is 1.77. The number of benzene rings is 3. The summed E-state index contributed by atoms with van der Waals surface area (Å²) in [5.74, 6) is 0.913. The second kappa shape index (κ2) is 13.1. The summed E-state index contributed by atoms with van der Waals surface area (Å²) >= 11 is 15.0. The van der Waals surface area contributed by atoms with Crippen LogP contribution in [-0.4, -0.2) is 51.1 Å². The number of sulfonamides is 1. The molecule has 0 unspecified atom stereocenters. The van der Waals surface area contributed by atoms with E-state index in [1.165, 1.54) is 62.0 Å². The minimum absolute atomic E-state index is 0.198. The summed E-state index contributed by atoms with van der Waals surface area (Å²) < 4.78 is 46.3. The van der Waals surface area contributed by atoms with Crippen molar-refractivity contribution in [2.24, 2.45) is 10.1 Å². The second-order valence-corrected chi connectivity index (χ2v) is 12.5. The van der Waals surface area contributed by atoms with E-state index in [-0.39, 0.29) is 14.8 Å². The second-order valence-electron chi connectivity index (χ2n) is 8.08. The third-order valence-electron chi connectivity index (χ3n) is 5.51. The number of aromatic nitrogens is 2. The summed E-state index contributed by atoms with van der Waals surface area (Å²) in [5.41, 5.74) is 8.86. The van der Waals surface area contributed by atoms with Crippen LogP contribution in [0, 0.1) is 0 Å². The molecule has 0 aliphatic heterocycles. The zero-order valence-electron chi connectivity index (χ0n) is 21.7. The largest absolute Gasteiger partial charge is 0.493 e. The maximum atomic E-state index is 13.3. The minimum Gasteiger partial charge on any atom is -0.493 e. The molecule has 0 atom stereocenters. The maximum absolute atomic E-state index is 13.3. The molecule has 0 saturated carbocycles. The summed E-state index contributed by atoms with van der Waals surface area (Å²) in [4.78, 5) is 0.0835. The van der Waals surface area contributed by atoms with Gasteiger partial charge in [-0.3, -0.25) is 5.21 Å². The van der Waals surface area contributed by atoms with Gasteiger partial charge in [0.05, 0.1) is 26.4 Å². The van der Waals surface area contributed by atoms with Gasteiger partial charge >= 0.3 is 0 Å². The number of guanidine groups is 1. The summed E-state index contributed by atoms with van der Waals surface area (Å²) in [5, 5.41) is 19.3. The Hall–Kier alpha value is -3.27. The normalized spacial score (nSPS) is 11.8. The van der Waals surface area contributed by atoms with Crippen LogP contribution in [-0.2, 0) is 15.8 Å². The summed E-state index contributed by atoms with van der Waals surface area (Å²) in [7, 11) is 0.0940. The van der Waals surface area contributed by atoms with E-state index >= 15 is 0 Å². The van der Waals surface area contributed by atoms with E-state index in [1.54, 1.807) is 36.4 Å². The number of hydrogen-bond acceptors (Lipinski definition) is 10. The number of nitrogens with zero attached hydrogens (tertiary/aromatic N) is 3. The molecule has 41 heavy (non-hydrogen) atoms. The van der Waals surface area contributed by atoms with Gasteiger partial charge in [0.2, 0.25) is 11.7 Å². The van der Waals surface area contributed by atoms with Crippen LogP contribution in [0.2, 0.25) is 10.0 Å². The average molecular weight is 657 g/mol. The van der Waals surface area contributed by atoms with E-state index in [0.29, 0.717) is 43.6 Å². The van der Waals surface area contributed by atoms with Gasteiger partial charge < -0.3 is 19.9 Å². The third kappa shape index (κ3) is 6.97. The molecule has 4 aromatic rings. The van der Waals surface area contributed by atoms with E-state index in [4.69, 9.17) is 48.4 Å². The number of rotatable bonds is 10. The van der Waals surface area contributed by atoms with Crippen LogP contribution >= 0.6 is 46.3 Å². The number of hydrogen-bond donors (Lipinski definition) is 3. The number of nitrogens with two attached hydrogens (primary N) is 1. The van der Waals surface area contributed by atoms with E-state index in [1.807, 2.05) is 0 Å².